The molecule has 0 aliphatic carbocycles. The first-order valence-corrected chi connectivity index (χ1v) is 8.39. The molecule has 0 nitrogen and oxygen atoms in total. The molecule has 1 rings (SSSR count). The van der Waals surface area contributed by atoms with E-state index in [9.17, 15) is 0 Å². The second-order valence-corrected chi connectivity index (χ2v) is 8.51. The number of thiol groups is 1. The van der Waals surface area contributed by atoms with E-state index in [0.29, 0.717) is 0 Å². The van der Waals surface area contributed by atoms with Crippen LogP contribution in [0.4, 0.5) is 0 Å². The van der Waals surface area contributed by atoms with E-state index < -0.39 is 0 Å². The lowest BCUT2D eigenvalue weighted by atomic mass is 9.79. The SMILES string of the molecule is CCCCC(C)CC1(C)C=CSC(C(C)(C)S)=C1. The lowest BCUT2D eigenvalue weighted by Gasteiger charge is -2.33. The molecular formula is C16H28S2. The minimum Gasteiger partial charge on any atom is -0.168 e. The third-order valence-corrected chi connectivity index (χ3v) is 5.09. The Morgan fingerprint density at radius 3 is 2.67 bits per heavy atom. The van der Waals surface area contributed by atoms with Gasteiger partial charge in [0, 0.05) is 15.1 Å². The summed E-state index contributed by atoms with van der Waals surface area (Å²) in [4.78, 5) is 1.39. The Kier molecular flexibility index (Phi) is 5.92. The molecule has 0 aromatic rings. The fraction of sp³-hybridized carbons (Fsp3) is 0.750. The van der Waals surface area contributed by atoms with Gasteiger partial charge in [-0.1, -0.05) is 52.2 Å². The van der Waals surface area contributed by atoms with Crippen LogP contribution >= 0.6 is 24.4 Å². The van der Waals surface area contributed by atoms with Gasteiger partial charge in [-0.15, -0.1) is 11.8 Å². The quantitative estimate of drug-likeness (QED) is 0.578. The van der Waals surface area contributed by atoms with Crippen molar-refractivity contribution in [2.24, 2.45) is 11.3 Å². The van der Waals surface area contributed by atoms with Gasteiger partial charge in [-0.2, -0.15) is 12.6 Å². The van der Waals surface area contributed by atoms with Crippen LogP contribution in [-0.4, -0.2) is 4.75 Å². The summed E-state index contributed by atoms with van der Waals surface area (Å²) in [6, 6.07) is 0. The number of hydrogen-bond donors (Lipinski definition) is 1. The standard InChI is InChI=1S/C16H28S2/c1-6-7-8-13(2)11-16(5)9-10-18-14(12-16)15(3,4)17/h9-10,12-13,17H,6-8,11H2,1-5H3. The van der Waals surface area contributed by atoms with Crippen LogP contribution in [0.1, 0.15) is 60.3 Å². The highest BCUT2D eigenvalue weighted by atomic mass is 32.2. The molecule has 2 atom stereocenters. The molecule has 0 saturated heterocycles. The van der Waals surface area contributed by atoms with Gasteiger partial charge in [-0.3, -0.25) is 0 Å². The zero-order chi connectivity index (χ0) is 13.8. The number of hydrogen-bond acceptors (Lipinski definition) is 2. The van der Waals surface area contributed by atoms with Crippen LogP contribution in [0.3, 0.4) is 0 Å². The molecule has 2 heteroatoms. The zero-order valence-electron chi connectivity index (χ0n) is 12.5. The predicted octanol–water partition coefficient (Wildman–Crippen LogP) is 6.06. The van der Waals surface area contributed by atoms with Crippen LogP contribution in [0, 0.1) is 11.3 Å². The molecule has 0 amide bonds. The number of unbranched alkanes of at least 4 members (excludes halogenated alkanes) is 1. The van der Waals surface area contributed by atoms with Crippen LogP contribution in [0.2, 0.25) is 0 Å². The van der Waals surface area contributed by atoms with E-state index in [-0.39, 0.29) is 10.2 Å². The third-order valence-electron chi connectivity index (χ3n) is 3.55. The lowest BCUT2D eigenvalue weighted by Crippen LogP contribution is -2.21. The van der Waals surface area contributed by atoms with Gasteiger partial charge in [-0.05, 0) is 31.6 Å². The Hall–Kier alpha value is 0.180. The van der Waals surface area contributed by atoms with Crippen molar-refractivity contribution in [1.82, 2.24) is 0 Å². The highest BCUT2D eigenvalue weighted by Crippen LogP contribution is 2.44. The van der Waals surface area contributed by atoms with Crippen molar-refractivity contribution in [3.63, 3.8) is 0 Å². The summed E-state index contributed by atoms with van der Waals surface area (Å²) >= 11 is 6.52. The van der Waals surface area contributed by atoms with E-state index in [1.54, 1.807) is 0 Å². The maximum absolute atomic E-state index is 4.70. The van der Waals surface area contributed by atoms with E-state index in [1.165, 1.54) is 30.6 Å². The van der Waals surface area contributed by atoms with Gasteiger partial charge in [0.2, 0.25) is 0 Å². The smallest absolute Gasteiger partial charge is 0.0381 e. The van der Waals surface area contributed by atoms with Crippen molar-refractivity contribution in [3.8, 4) is 0 Å². The summed E-state index contributed by atoms with van der Waals surface area (Å²) in [5.74, 6) is 0.795. The maximum atomic E-state index is 4.70. The van der Waals surface area contributed by atoms with Gasteiger partial charge >= 0.3 is 0 Å². The van der Waals surface area contributed by atoms with E-state index in [2.05, 4.69) is 52.2 Å². The topological polar surface area (TPSA) is 0 Å². The molecule has 0 spiro atoms. The van der Waals surface area contributed by atoms with Crippen molar-refractivity contribution in [2.75, 3.05) is 0 Å². The molecule has 0 bridgehead atoms. The molecule has 0 radical (unpaired) electrons. The monoisotopic (exact) mass is 284 g/mol. The molecule has 0 N–H and O–H groups in total. The Morgan fingerprint density at radius 2 is 2.11 bits per heavy atom. The van der Waals surface area contributed by atoms with Gasteiger partial charge in [0.25, 0.3) is 0 Å². The molecule has 18 heavy (non-hydrogen) atoms. The number of allylic oxidation sites excluding steroid dienone is 2. The van der Waals surface area contributed by atoms with Crippen LogP contribution < -0.4 is 0 Å². The largest absolute Gasteiger partial charge is 0.168 e. The second-order valence-electron chi connectivity index (χ2n) is 6.45. The molecule has 1 aliphatic rings. The molecular weight excluding hydrogens is 256 g/mol. The van der Waals surface area contributed by atoms with Crippen LogP contribution in [0.15, 0.2) is 22.5 Å². The van der Waals surface area contributed by atoms with Gasteiger partial charge in [0.1, 0.15) is 0 Å². The van der Waals surface area contributed by atoms with Gasteiger partial charge in [0.05, 0.1) is 0 Å². The van der Waals surface area contributed by atoms with Gasteiger partial charge in [0.15, 0.2) is 0 Å². The summed E-state index contributed by atoms with van der Waals surface area (Å²) in [6.07, 6.45) is 10.1. The molecule has 0 aromatic carbocycles. The third kappa shape index (κ3) is 5.05. The lowest BCUT2D eigenvalue weighted by molar-refractivity contribution is 0.361. The van der Waals surface area contributed by atoms with Crippen LogP contribution in [0.25, 0.3) is 0 Å². The highest BCUT2D eigenvalue weighted by molar-refractivity contribution is 8.06. The predicted molar refractivity (Wildman–Crippen MR) is 89.3 cm³/mol. The number of thioether (sulfide) groups is 1. The fourth-order valence-electron chi connectivity index (χ4n) is 2.50. The first-order valence-electron chi connectivity index (χ1n) is 7.07. The average Bonchev–Trinajstić information content (AvgIpc) is 2.24. The molecule has 2 unspecified atom stereocenters. The summed E-state index contributed by atoms with van der Waals surface area (Å²) in [5, 5.41) is 2.25. The maximum Gasteiger partial charge on any atom is 0.0381 e. The summed E-state index contributed by atoms with van der Waals surface area (Å²) in [6.45, 7) is 11.4. The van der Waals surface area contributed by atoms with Crippen molar-refractivity contribution in [1.29, 1.82) is 0 Å². The zero-order valence-corrected chi connectivity index (χ0v) is 14.2. The summed E-state index contributed by atoms with van der Waals surface area (Å²) < 4.78 is -0.0245. The number of rotatable bonds is 6. The molecule has 0 saturated carbocycles. The summed E-state index contributed by atoms with van der Waals surface area (Å²) in [7, 11) is 0. The van der Waals surface area contributed by atoms with Crippen LogP contribution in [-0.2, 0) is 0 Å². The minimum absolute atomic E-state index is 0.0245. The first kappa shape index (κ1) is 16.2. The molecule has 104 valence electrons. The van der Waals surface area contributed by atoms with Crippen molar-refractivity contribution >= 4 is 24.4 Å². The summed E-state index contributed by atoms with van der Waals surface area (Å²) in [5.41, 5.74) is 0.216. The average molecular weight is 285 g/mol. The normalized spacial score (nSPS) is 26.0. The second kappa shape index (κ2) is 6.56. The first-order chi connectivity index (χ1) is 8.27. The molecule has 0 fully saturated rings. The van der Waals surface area contributed by atoms with Crippen LogP contribution in [0.5, 0.6) is 0 Å². The minimum atomic E-state index is -0.0245. The Balaban J connectivity index is 2.70. The van der Waals surface area contributed by atoms with Gasteiger partial charge < -0.3 is 0 Å². The van der Waals surface area contributed by atoms with E-state index in [4.69, 9.17) is 12.6 Å². The van der Waals surface area contributed by atoms with E-state index in [0.717, 1.165) is 5.92 Å². The Bertz CT molecular complexity index is 322. The molecule has 1 aliphatic heterocycles. The van der Waals surface area contributed by atoms with Crippen molar-refractivity contribution < 1.29 is 0 Å². The highest BCUT2D eigenvalue weighted by Gasteiger charge is 2.28. The fourth-order valence-corrected chi connectivity index (χ4v) is 3.87. The van der Waals surface area contributed by atoms with E-state index >= 15 is 0 Å². The molecule has 1 heterocycles. The van der Waals surface area contributed by atoms with Gasteiger partial charge in [-0.25, -0.2) is 0 Å². The van der Waals surface area contributed by atoms with Crippen molar-refractivity contribution in [2.45, 2.75) is 65.0 Å². The Labute approximate surface area is 123 Å². The molecule has 0 aromatic heterocycles. The van der Waals surface area contributed by atoms with Crippen molar-refractivity contribution in [3.05, 3.63) is 22.5 Å². The Morgan fingerprint density at radius 1 is 1.44 bits per heavy atom. The van der Waals surface area contributed by atoms with E-state index in [1.807, 2.05) is 11.8 Å².